The Hall–Kier alpha value is -2.40. The zero-order chi connectivity index (χ0) is 16.9. The highest BCUT2D eigenvalue weighted by atomic mass is 35.5. The van der Waals surface area contributed by atoms with Crippen LogP contribution in [-0.4, -0.2) is 21.8 Å². The van der Waals surface area contributed by atoms with E-state index in [1.165, 1.54) is 12.1 Å². The summed E-state index contributed by atoms with van der Waals surface area (Å²) in [6.07, 6.45) is 5.34. The molecule has 2 heterocycles. The summed E-state index contributed by atoms with van der Waals surface area (Å²) in [5.41, 5.74) is 2.68. The summed E-state index contributed by atoms with van der Waals surface area (Å²) in [5, 5.41) is 3.53. The lowest BCUT2D eigenvalue weighted by atomic mass is 10.1. The van der Waals surface area contributed by atoms with Crippen LogP contribution >= 0.6 is 11.6 Å². The zero-order valence-corrected chi connectivity index (χ0v) is 13.8. The summed E-state index contributed by atoms with van der Waals surface area (Å²) < 4.78 is 14.7. The van der Waals surface area contributed by atoms with Crippen molar-refractivity contribution in [1.82, 2.24) is 14.7 Å². The first-order valence-electron chi connectivity index (χ1n) is 7.74. The van der Waals surface area contributed by atoms with Gasteiger partial charge in [-0.25, -0.2) is 9.37 Å². The van der Waals surface area contributed by atoms with Crippen molar-refractivity contribution in [2.45, 2.75) is 19.3 Å². The largest absolute Gasteiger partial charge is 0.356 e. The fourth-order valence-corrected chi connectivity index (χ4v) is 2.63. The molecule has 1 amide bonds. The molecule has 4 nitrogen and oxygen atoms in total. The second-order valence-electron chi connectivity index (χ2n) is 5.57. The fraction of sp³-hybridized carbons (Fsp3) is 0.222. The Morgan fingerprint density at radius 2 is 1.92 bits per heavy atom. The number of fused-ring (bicyclic) bond motifs is 1. The van der Waals surface area contributed by atoms with Crippen molar-refractivity contribution in [3.8, 4) is 0 Å². The summed E-state index contributed by atoms with van der Waals surface area (Å²) in [6, 6.07) is 9.86. The van der Waals surface area contributed by atoms with Crippen LogP contribution in [0, 0.1) is 5.82 Å². The van der Waals surface area contributed by atoms with Gasteiger partial charge in [-0.1, -0.05) is 23.7 Å². The number of hydrogen-bond acceptors (Lipinski definition) is 2. The SMILES string of the molecule is O=C(CCc1ccc(F)cc1)NCCc1cn2cc(Cl)ccc2n1. The standard InChI is InChI=1S/C18H17ClFN3O/c19-14-4-7-17-22-16(12-23(17)11-14)9-10-21-18(24)8-3-13-1-5-15(20)6-2-13/h1-2,4-7,11-12H,3,8-10H2,(H,21,24). The van der Waals surface area contributed by atoms with Crippen molar-refractivity contribution in [2.75, 3.05) is 6.54 Å². The van der Waals surface area contributed by atoms with Crippen molar-refractivity contribution >= 4 is 23.2 Å². The van der Waals surface area contributed by atoms with Crippen LogP contribution in [0.15, 0.2) is 48.8 Å². The number of pyridine rings is 1. The lowest BCUT2D eigenvalue weighted by Gasteiger charge is -2.04. The molecule has 0 aliphatic heterocycles. The quantitative estimate of drug-likeness (QED) is 0.744. The van der Waals surface area contributed by atoms with Crippen molar-refractivity contribution < 1.29 is 9.18 Å². The molecule has 3 aromatic rings. The van der Waals surface area contributed by atoms with Gasteiger partial charge in [0.15, 0.2) is 0 Å². The molecule has 0 saturated heterocycles. The Morgan fingerprint density at radius 1 is 1.12 bits per heavy atom. The van der Waals surface area contributed by atoms with Gasteiger partial charge in [-0.2, -0.15) is 0 Å². The Morgan fingerprint density at radius 3 is 2.71 bits per heavy atom. The van der Waals surface area contributed by atoms with E-state index in [1.54, 1.807) is 24.4 Å². The number of carbonyl (C=O) groups excluding carboxylic acids is 1. The van der Waals surface area contributed by atoms with E-state index >= 15 is 0 Å². The molecule has 3 rings (SSSR count). The summed E-state index contributed by atoms with van der Waals surface area (Å²) in [6.45, 7) is 0.528. The second kappa shape index (κ2) is 7.45. The Labute approximate surface area is 144 Å². The monoisotopic (exact) mass is 345 g/mol. The van der Waals surface area contributed by atoms with E-state index in [4.69, 9.17) is 11.6 Å². The van der Waals surface area contributed by atoms with Crippen LogP contribution in [0.5, 0.6) is 0 Å². The van der Waals surface area contributed by atoms with Gasteiger partial charge in [0, 0.05) is 31.8 Å². The molecule has 6 heteroatoms. The van der Waals surface area contributed by atoms with E-state index in [0.717, 1.165) is 16.9 Å². The first kappa shape index (κ1) is 16.5. The van der Waals surface area contributed by atoms with Crippen molar-refractivity contribution in [2.24, 2.45) is 0 Å². The molecule has 0 unspecified atom stereocenters. The number of carbonyl (C=O) groups is 1. The average molecular weight is 346 g/mol. The molecule has 0 saturated carbocycles. The highest BCUT2D eigenvalue weighted by molar-refractivity contribution is 6.30. The summed E-state index contributed by atoms with van der Waals surface area (Å²) in [7, 11) is 0. The Balaban J connectivity index is 1.44. The van der Waals surface area contributed by atoms with E-state index in [2.05, 4.69) is 10.3 Å². The van der Waals surface area contributed by atoms with E-state index in [1.807, 2.05) is 16.7 Å². The maximum atomic E-state index is 12.8. The van der Waals surface area contributed by atoms with Crippen LogP contribution < -0.4 is 5.32 Å². The third-order valence-corrected chi connectivity index (χ3v) is 3.95. The average Bonchev–Trinajstić information content (AvgIpc) is 2.96. The number of amides is 1. The van der Waals surface area contributed by atoms with E-state index in [-0.39, 0.29) is 11.7 Å². The molecule has 0 fully saturated rings. The topological polar surface area (TPSA) is 46.4 Å². The van der Waals surface area contributed by atoms with Gasteiger partial charge in [-0.3, -0.25) is 4.79 Å². The number of aromatic nitrogens is 2. The zero-order valence-electron chi connectivity index (χ0n) is 13.0. The number of imidazole rings is 1. The first-order chi connectivity index (χ1) is 11.6. The van der Waals surface area contributed by atoms with Crippen LogP contribution in [0.4, 0.5) is 4.39 Å². The molecule has 0 aliphatic rings. The number of aryl methyl sites for hydroxylation is 1. The van der Waals surface area contributed by atoms with Gasteiger partial charge in [0.05, 0.1) is 10.7 Å². The maximum absolute atomic E-state index is 12.8. The fourth-order valence-electron chi connectivity index (χ4n) is 2.46. The smallest absolute Gasteiger partial charge is 0.220 e. The predicted octanol–water partition coefficient (Wildman–Crippen LogP) is 3.42. The molecule has 0 spiro atoms. The van der Waals surface area contributed by atoms with Gasteiger partial charge in [0.2, 0.25) is 5.91 Å². The molecule has 24 heavy (non-hydrogen) atoms. The minimum Gasteiger partial charge on any atom is -0.356 e. The lowest BCUT2D eigenvalue weighted by Crippen LogP contribution is -2.25. The van der Waals surface area contributed by atoms with Gasteiger partial charge in [-0.05, 0) is 36.2 Å². The van der Waals surface area contributed by atoms with E-state index in [9.17, 15) is 9.18 Å². The highest BCUT2D eigenvalue weighted by Gasteiger charge is 2.05. The molecule has 0 radical (unpaired) electrons. The van der Waals surface area contributed by atoms with Gasteiger partial charge >= 0.3 is 0 Å². The summed E-state index contributed by atoms with van der Waals surface area (Å²) in [4.78, 5) is 16.3. The Kier molecular flexibility index (Phi) is 5.11. The van der Waals surface area contributed by atoms with Crippen LogP contribution in [0.25, 0.3) is 5.65 Å². The normalized spacial score (nSPS) is 10.9. The second-order valence-corrected chi connectivity index (χ2v) is 6.01. The van der Waals surface area contributed by atoms with Crippen LogP contribution in [0.1, 0.15) is 17.7 Å². The van der Waals surface area contributed by atoms with E-state index in [0.29, 0.717) is 30.8 Å². The highest BCUT2D eigenvalue weighted by Crippen LogP contribution is 2.12. The van der Waals surface area contributed by atoms with Crippen LogP contribution in [0.3, 0.4) is 0 Å². The summed E-state index contributed by atoms with van der Waals surface area (Å²) in [5.74, 6) is -0.289. The molecule has 0 atom stereocenters. The first-order valence-corrected chi connectivity index (χ1v) is 8.12. The minimum atomic E-state index is -0.267. The van der Waals surface area contributed by atoms with Crippen molar-refractivity contribution in [3.63, 3.8) is 0 Å². The van der Waals surface area contributed by atoms with Crippen molar-refractivity contribution in [3.05, 3.63) is 70.9 Å². The van der Waals surface area contributed by atoms with Crippen molar-refractivity contribution in [1.29, 1.82) is 0 Å². The maximum Gasteiger partial charge on any atom is 0.220 e. The number of nitrogens with zero attached hydrogens (tertiary/aromatic N) is 2. The van der Waals surface area contributed by atoms with E-state index < -0.39 is 0 Å². The lowest BCUT2D eigenvalue weighted by molar-refractivity contribution is -0.121. The van der Waals surface area contributed by atoms with Gasteiger partial charge in [-0.15, -0.1) is 0 Å². The summed E-state index contributed by atoms with van der Waals surface area (Å²) >= 11 is 5.94. The molecule has 1 N–H and O–H groups in total. The molecule has 0 aliphatic carbocycles. The molecule has 1 aromatic carbocycles. The third kappa shape index (κ3) is 4.32. The molecular weight excluding hydrogens is 329 g/mol. The third-order valence-electron chi connectivity index (χ3n) is 3.72. The van der Waals surface area contributed by atoms with Gasteiger partial charge in [0.1, 0.15) is 11.5 Å². The Bertz CT molecular complexity index is 845. The van der Waals surface area contributed by atoms with Crippen LogP contribution in [0.2, 0.25) is 5.02 Å². The molecule has 0 bridgehead atoms. The number of nitrogens with one attached hydrogen (secondary N) is 1. The molecular formula is C18H17ClFN3O. The number of hydrogen-bond donors (Lipinski definition) is 1. The van der Waals surface area contributed by atoms with Gasteiger partial charge < -0.3 is 9.72 Å². The number of halogens is 2. The van der Waals surface area contributed by atoms with Crippen LogP contribution in [-0.2, 0) is 17.6 Å². The minimum absolute atomic E-state index is 0.0221. The molecule has 2 aromatic heterocycles. The number of rotatable bonds is 6. The molecule has 124 valence electrons. The number of benzene rings is 1. The predicted molar refractivity (Wildman–Crippen MR) is 91.6 cm³/mol. The van der Waals surface area contributed by atoms with Gasteiger partial charge in [0.25, 0.3) is 0 Å².